The Morgan fingerprint density at radius 1 is 1.12 bits per heavy atom. The monoisotopic (exact) mass is 322 g/mol. The quantitative estimate of drug-likeness (QED) is 0.684. The van der Waals surface area contributed by atoms with E-state index in [0.29, 0.717) is 16.9 Å². The second-order valence-corrected chi connectivity index (χ2v) is 5.50. The van der Waals surface area contributed by atoms with Crippen molar-refractivity contribution < 1.29 is 14.3 Å². The van der Waals surface area contributed by atoms with Gasteiger partial charge in [0.25, 0.3) is 0 Å². The molecule has 0 radical (unpaired) electrons. The van der Waals surface area contributed by atoms with Gasteiger partial charge in [-0.15, -0.1) is 0 Å². The first-order valence-electron chi connectivity index (χ1n) is 7.75. The Bertz CT molecular complexity index is 895. The van der Waals surface area contributed by atoms with E-state index in [4.69, 9.17) is 10.5 Å². The number of hydrogen-bond acceptors (Lipinski definition) is 3. The lowest BCUT2D eigenvalue weighted by Gasteiger charge is -2.06. The number of para-hydroxylation sites is 1. The number of rotatable bonds is 6. The summed E-state index contributed by atoms with van der Waals surface area (Å²) < 4.78 is 5.52. The predicted octanol–water partition coefficient (Wildman–Crippen LogP) is 3.09. The first-order chi connectivity index (χ1) is 11.6. The molecular formula is C19H18N2O3. The zero-order chi connectivity index (χ0) is 17.1. The SMILES string of the molecule is CCc1cccc2c(C(=O)COc3ccc(C(N)=O)cc3)c[nH]c12. The molecule has 0 bridgehead atoms. The second kappa shape index (κ2) is 6.58. The Balaban J connectivity index is 1.74. The number of carbonyl (C=O) groups excluding carboxylic acids is 2. The smallest absolute Gasteiger partial charge is 0.248 e. The lowest BCUT2D eigenvalue weighted by Crippen LogP contribution is -2.12. The van der Waals surface area contributed by atoms with Gasteiger partial charge < -0.3 is 15.5 Å². The molecule has 1 aromatic heterocycles. The summed E-state index contributed by atoms with van der Waals surface area (Å²) in [5.41, 5.74) is 8.38. The van der Waals surface area contributed by atoms with E-state index >= 15 is 0 Å². The molecule has 1 amide bonds. The summed E-state index contributed by atoms with van der Waals surface area (Å²) in [7, 11) is 0. The van der Waals surface area contributed by atoms with Crippen molar-refractivity contribution in [3.63, 3.8) is 0 Å². The van der Waals surface area contributed by atoms with Gasteiger partial charge in [-0.05, 0) is 36.2 Å². The molecule has 0 saturated heterocycles. The highest BCUT2D eigenvalue weighted by Gasteiger charge is 2.14. The zero-order valence-corrected chi connectivity index (χ0v) is 13.3. The van der Waals surface area contributed by atoms with E-state index < -0.39 is 5.91 Å². The number of nitrogens with two attached hydrogens (primary N) is 1. The molecule has 5 nitrogen and oxygen atoms in total. The van der Waals surface area contributed by atoms with E-state index in [1.165, 1.54) is 5.56 Å². The number of ether oxygens (including phenoxy) is 1. The van der Waals surface area contributed by atoms with Crippen LogP contribution in [0.25, 0.3) is 10.9 Å². The van der Waals surface area contributed by atoms with E-state index in [1.807, 2.05) is 18.2 Å². The number of hydrogen-bond donors (Lipinski definition) is 2. The normalized spacial score (nSPS) is 10.7. The average molecular weight is 322 g/mol. The summed E-state index contributed by atoms with van der Waals surface area (Å²) in [6.07, 6.45) is 2.62. The number of ketones is 1. The number of aromatic nitrogens is 1. The van der Waals surface area contributed by atoms with Gasteiger partial charge in [0.05, 0.1) is 0 Å². The number of amides is 1. The van der Waals surface area contributed by atoms with E-state index in [9.17, 15) is 9.59 Å². The Labute approximate surface area is 139 Å². The molecule has 0 aliphatic carbocycles. The van der Waals surface area contributed by atoms with E-state index in [0.717, 1.165) is 17.3 Å². The van der Waals surface area contributed by atoms with Crippen molar-refractivity contribution in [2.45, 2.75) is 13.3 Å². The summed E-state index contributed by atoms with van der Waals surface area (Å²) in [6.45, 7) is 2.01. The van der Waals surface area contributed by atoms with Crippen LogP contribution in [0, 0.1) is 0 Å². The van der Waals surface area contributed by atoms with E-state index in [2.05, 4.69) is 11.9 Å². The molecule has 0 saturated carbocycles. The van der Waals surface area contributed by atoms with Gasteiger partial charge in [0.1, 0.15) is 5.75 Å². The Morgan fingerprint density at radius 3 is 2.54 bits per heavy atom. The molecule has 0 spiro atoms. The van der Waals surface area contributed by atoms with Gasteiger partial charge in [0.15, 0.2) is 6.61 Å². The molecule has 5 heteroatoms. The molecule has 24 heavy (non-hydrogen) atoms. The van der Waals surface area contributed by atoms with Crippen molar-refractivity contribution in [1.82, 2.24) is 4.98 Å². The number of H-pyrrole nitrogens is 1. The number of fused-ring (bicyclic) bond motifs is 1. The van der Waals surface area contributed by atoms with Gasteiger partial charge >= 0.3 is 0 Å². The molecule has 1 heterocycles. The summed E-state index contributed by atoms with van der Waals surface area (Å²) in [5, 5.41) is 0.909. The molecule has 0 fully saturated rings. The number of carbonyl (C=O) groups is 2. The largest absolute Gasteiger partial charge is 0.485 e. The maximum Gasteiger partial charge on any atom is 0.248 e. The molecule has 3 aromatic rings. The summed E-state index contributed by atoms with van der Waals surface area (Å²) in [6, 6.07) is 12.3. The minimum Gasteiger partial charge on any atom is -0.485 e. The van der Waals surface area contributed by atoms with Crippen molar-refractivity contribution in [3.05, 3.63) is 65.4 Å². The number of Topliss-reactive ketones (excluding diaryl/α,β-unsaturated/α-hetero) is 1. The topological polar surface area (TPSA) is 85.2 Å². The fourth-order valence-electron chi connectivity index (χ4n) is 2.68. The standard InChI is InChI=1S/C19H18N2O3/c1-2-12-4-3-5-15-16(10-21-18(12)15)17(22)11-24-14-8-6-13(7-9-14)19(20)23/h3-10,21H,2,11H2,1H3,(H2,20,23). The molecule has 3 N–H and O–H groups in total. The Morgan fingerprint density at radius 2 is 1.88 bits per heavy atom. The molecular weight excluding hydrogens is 304 g/mol. The minimum absolute atomic E-state index is 0.0702. The van der Waals surface area contributed by atoms with Crippen molar-refractivity contribution in [2.75, 3.05) is 6.61 Å². The molecule has 0 aliphatic rings. The van der Waals surface area contributed by atoms with Gasteiger partial charge in [-0.3, -0.25) is 9.59 Å². The molecule has 122 valence electrons. The molecule has 0 aliphatic heterocycles. The number of aromatic amines is 1. The lowest BCUT2D eigenvalue weighted by molar-refractivity contribution is 0.0922. The third-order valence-electron chi connectivity index (χ3n) is 3.99. The maximum atomic E-state index is 12.4. The van der Waals surface area contributed by atoms with Crippen molar-refractivity contribution in [1.29, 1.82) is 0 Å². The highest BCUT2D eigenvalue weighted by molar-refractivity contribution is 6.09. The van der Waals surface area contributed by atoms with Crippen LogP contribution >= 0.6 is 0 Å². The fourth-order valence-corrected chi connectivity index (χ4v) is 2.68. The van der Waals surface area contributed by atoms with E-state index in [-0.39, 0.29) is 12.4 Å². The average Bonchev–Trinajstić information content (AvgIpc) is 3.04. The fraction of sp³-hybridized carbons (Fsp3) is 0.158. The maximum absolute atomic E-state index is 12.4. The van der Waals surface area contributed by atoms with Crippen LogP contribution < -0.4 is 10.5 Å². The number of aryl methyl sites for hydroxylation is 1. The third kappa shape index (κ3) is 3.01. The van der Waals surface area contributed by atoms with Gasteiger partial charge in [-0.25, -0.2) is 0 Å². The van der Waals surface area contributed by atoms with Crippen LogP contribution in [0.3, 0.4) is 0 Å². The van der Waals surface area contributed by atoms with Crippen molar-refractivity contribution in [2.24, 2.45) is 5.73 Å². The highest BCUT2D eigenvalue weighted by Crippen LogP contribution is 2.23. The van der Waals surface area contributed by atoms with Gasteiger partial charge in [0, 0.05) is 28.2 Å². The first kappa shape index (κ1) is 15.8. The first-order valence-corrected chi connectivity index (χ1v) is 7.75. The molecule has 0 unspecified atom stereocenters. The van der Waals surface area contributed by atoms with Crippen LogP contribution in [0.1, 0.15) is 33.2 Å². The van der Waals surface area contributed by atoms with Crippen LogP contribution in [0.4, 0.5) is 0 Å². The lowest BCUT2D eigenvalue weighted by atomic mass is 10.1. The zero-order valence-electron chi connectivity index (χ0n) is 13.3. The molecule has 0 atom stereocenters. The van der Waals surface area contributed by atoms with Crippen LogP contribution in [0.15, 0.2) is 48.7 Å². The minimum atomic E-state index is -0.497. The van der Waals surface area contributed by atoms with E-state index in [1.54, 1.807) is 30.5 Å². The Kier molecular flexibility index (Phi) is 4.33. The molecule has 2 aromatic carbocycles. The van der Waals surface area contributed by atoms with Crippen LogP contribution in [0.2, 0.25) is 0 Å². The number of primary amides is 1. The van der Waals surface area contributed by atoms with Crippen molar-refractivity contribution >= 4 is 22.6 Å². The molecule has 3 rings (SSSR count). The second-order valence-electron chi connectivity index (χ2n) is 5.50. The summed E-state index contributed by atoms with van der Waals surface area (Å²) >= 11 is 0. The van der Waals surface area contributed by atoms with Gasteiger partial charge in [-0.2, -0.15) is 0 Å². The van der Waals surface area contributed by atoms with Gasteiger partial charge in [0.2, 0.25) is 11.7 Å². The van der Waals surface area contributed by atoms with Crippen LogP contribution in [-0.2, 0) is 6.42 Å². The highest BCUT2D eigenvalue weighted by atomic mass is 16.5. The summed E-state index contributed by atoms with van der Waals surface area (Å²) in [5.74, 6) is -0.0842. The van der Waals surface area contributed by atoms with Crippen LogP contribution in [0.5, 0.6) is 5.75 Å². The van der Waals surface area contributed by atoms with Crippen molar-refractivity contribution in [3.8, 4) is 5.75 Å². The van der Waals surface area contributed by atoms with Crippen LogP contribution in [-0.4, -0.2) is 23.3 Å². The number of benzene rings is 2. The summed E-state index contributed by atoms with van der Waals surface area (Å²) in [4.78, 5) is 26.7. The third-order valence-corrected chi connectivity index (χ3v) is 3.99. The Hall–Kier alpha value is -3.08. The predicted molar refractivity (Wildman–Crippen MR) is 92.5 cm³/mol. The van der Waals surface area contributed by atoms with Gasteiger partial charge in [-0.1, -0.05) is 25.1 Å². The number of nitrogens with one attached hydrogen (secondary N) is 1.